The molecule has 5 heteroatoms. The smallest absolute Gasteiger partial charge is 0.245 e. The molecule has 0 aromatic heterocycles. The Morgan fingerprint density at radius 1 is 1.00 bits per heavy atom. The second-order valence-electron chi connectivity index (χ2n) is 7.44. The SMILES string of the molecule is CCCCCC(CC(C)=O)C(=O)NC(C(=O)N(C)CCCC)C(C)C. The summed E-state index contributed by atoms with van der Waals surface area (Å²) in [5, 5.41) is 2.92. The molecule has 0 bridgehead atoms. The van der Waals surface area contributed by atoms with Crippen molar-refractivity contribution in [2.24, 2.45) is 11.8 Å². The molecule has 0 aliphatic heterocycles. The number of hydrogen-bond acceptors (Lipinski definition) is 3. The van der Waals surface area contributed by atoms with Gasteiger partial charge in [0.1, 0.15) is 11.8 Å². The molecule has 2 atom stereocenters. The first-order valence-electron chi connectivity index (χ1n) is 9.79. The lowest BCUT2D eigenvalue weighted by Gasteiger charge is -2.28. The summed E-state index contributed by atoms with van der Waals surface area (Å²) in [6.07, 6.45) is 5.97. The van der Waals surface area contributed by atoms with Crippen LogP contribution < -0.4 is 5.32 Å². The lowest BCUT2D eigenvalue weighted by Crippen LogP contribution is -2.51. The summed E-state index contributed by atoms with van der Waals surface area (Å²) in [4.78, 5) is 38.6. The number of nitrogens with zero attached hydrogens (tertiary/aromatic N) is 1. The van der Waals surface area contributed by atoms with Crippen molar-refractivity contribution in [3.63, 3.8) is 0 Å². The van der Waals surface area contributed by atoms with Crippen LogP contribution in [0.3, 0.4) is 0 Å². The summed E-state index contributed by atoms with van der Waals surface area (Å²) in [6.45, 7) is 10.3. The molecule has 0 radical (unpaired) electrons. The van der Waals surface area contributed by atoms with Crippen LogP contribution in [0.15, 0.2) is 0 Å². The van der Waals surface area contributed by atoms with Crippen molar-refractivity contribution in [2.45, 2.75) is 85.6 Å². The van der Waals surface area contributed by atoms with Crippen molar-refractivity contribution in [3.05, 3.63) is 0 Å². The number of carbonyl (C=O) groups is 3. The Hall–Kier alpha value is -1.39. The molecular weight excluding hydrogens is 316 g/mol. The fourth-order valence-corrected chi connectivity index (χ4v) is 2.84. The molecule has 0 aromatic carbocycles. The van der Waals surface area contributed by atoms with Crippen molar-refractivity contribution < 1.29 is 14.4 Å². The van der Waals surface area contributed by atoms with Crippen LogP contribution >= 0.6 is 0 Å². The van der Waals surface area contributed by atoms with Gasteiger partial charge in [-0.3, -0.25) is 9.59 Å². The predicted molar refractivity (Wildman–Crippen MR) is 102 cm³/mol. The third-order valence-corrected chi connectivity index (χ3v) is 4.51. The van der Waals surface area contributed by atoms with Crippen LogP contribution in [-0.2, 0) is 14.4 Å². The van der Waals surface area contributed by atoms with Gasteiger partial charge in [0.25, 0.3) is 0 Å². The van der Waals surface area contributed by atoms with Crippen molar-refractivity contribution in [1.82, 2.24) is 10.2 Å². The maximum Gasteiger partial charge on any atom is 0.245 e. The van der Waals surface area contributed by atoms with Crippen molar-refractivity contribution >= 4 is 17.6 Å². The molecule has 25 heavy (non-hydrogen) atoms. The molecule has 1 N–H and O–H groups in total. The normalized spacial score (nSPS) is 13.4. The molecule has 2 amide bonds. The van der Waals surface area contributed by atoms with Crippen LogP contribution in [0, 0.1) is 11.8 Å². The lowest BCUT2D eigenvalue weighted by atomic mass is 9.93. The van der Waals surface area contributed by atoms with E-state index in [-0.39, 0.29) is 35.9 Å². The number of amides is 2. The molecule has 2 unspecified atom stereocenters. The van der Waals surface area contributed by atoms with Gasteiger partial charge in [-0.05, 0) is 25.7 Å². The molecule has 146 valence electrons. The second kappa shape index (κ2) is 12.9. The minimum Gasteiger partial charge on any atom is -0.344 e. The molecule has 0 aliphatic carbocycles. The van der Waals surface area contributed by atoms with Crippen LogP contribution in [0.4, 0.5) is 0 Å². The average molecular weight is 355 g/mol. The Morgan fingerprint density at radius 3 is 2.08 bits per heavy atom. The topological polar surface area (TPSA) is 66.5 Å². The zero-order valence-corrected chi connectivity index (χ0v) is 17.1. The fraction of sp³-hybridized carbons (Fsp3) is 0.850. The van der Waals surface area contributed by atoms with Gasteiger partial charge in [-0.25, -0.2) is 0 Å². The van der Waals surface area contributed by atoms with Gasteiger partial charge in [-0.1, -0.05) is 53.4 Å². The predicted octanol–water partition coefficient (Wildman–Crippen LogP) is 3.56. The van der Waals surface area contributed by atoms with Crippen molar-refractivity contribution in [1.29, 1.82) is 0 Å². The van der Waals surface area contributed by atoms with Gasteiger partial charge in [-0.15, -0.1) is 0 Å². The molecule has 0 aromatic rings. The third-order valence-electron chi connectivity index (χ3n) is 4.51. The van der Waals surface area contributed by atoms with Gasteiger partial charge in [0.2, 0.25) is 11.8 Å². The number of rotatable bonds is 13. The second-order valence-corrected chi connectivity index (χ2v) is 7.44. The zero-order valence-electron chi connectivity index (χ0n) is 17.1. The number of nitrogens with one attached hydrogen (secondary N) is 1. The first-order chi connectivity index (χ1) is 11.7. The Morgan fingerprint density at radius 2 is 1.60 bits per heavy atom. The number of carbonyl (C=O) groups excluding carboxylic acids is 3. The highest BCUT2D eigenvalue weighted by atomic mass is 16.2. The van der Waals surface area contributed by atoms with Crippen LogP contribution in [0.5, 0.6) is 0 Å². The first-order valence-corrected chi connectivity index (χ1v) is 9.79. The van der Waals surface area contributed by atoms with Crippen LogP contribution in [0.1, 0.15) is 79.6 Å². The number of ketones is 1. The number of likely N-dealkylation sites (N-methyl/N-ethyl adjacent to an activating group) is 1. The minimum absolute atomic E-state index is 0.00847. The highest BCUT2D eigenvalue weighted by Gasteiger charge is 2.29. The molecular formula is C20H38N2O3. The molecule has 0 saturated carbocycles. The average Bonchev–Trinajstić information content (AvgIpc) is 2.55. The Kier molecular flexibility index (Phi) is 12.2. The van der Waals surface area contributed by atoms with E-state index >= 15 is 0 Å². The molecule has 5 nitrogen and oxygen atoms in total. The first kappa shape index (κ1) is 23.6. The molecule has 0 heterocycles. The van der Waals surface area contributed by atoms with Gasteiger partial charge in [-0.2, -0.15) is 0 Å². The molecule has 0 aliphatic rings. The van der Waals surface area contributed by atoms with E-state index in [1.54, 1.807) is 11.9 Å². The summed E-state index contributed by atoms with van der Waals surface area (Å²) in [6, 6.07) is -0.532. The van der Waals surface area contributed by atoms with Gasteiger partial charge in [0, 0.05) is 25.9 Å². The fourth-order valence-electron chi connectivity index (χ4n) is 2.84. The quantitative estimate of drug-likeness (QED) is 0.514. The van der Waals surface area contributed by atoms with Crippen LogP contribution in [-0.4, -0.2) is 42.1 Å². The summed E-state index contributed by atoms with van der Waals surface area (Å²) >= 11 is 0. The molecule has 0 rings (SSSR count). The van der Waals surface area contributed by atoms with Gasteiger partial charge < -0.3 is 15.0 Å². The van der Waals surface area contributed by atoms with E-state index in [2.05, 4.69) is 19.2 Å². The van der Waals surface area contributed by atoms with Crippen LogP contribution in [0.2, 0.25) is 0 Å². The van der Waals surface area contributed by atoms with Crippen LogP contribution in [0.25, 0.3) is 0 Å². The molecule has 0 spiro atoms. The van der Waals surface area contributed by atoms with E-state index in [9.17, 15) is 14.4 Å². The lowest BCUT2D eigenvalue weighted by molar-refractivity contribution is -0.138. The number of unbranched alkanes of at least 4 members (excludes halogenated alkanes) is 3. The summed E-state index contributed by atoms with van der Waals surface area (Å²) in [7, 11) is 1.79. The van der Waals surface area contributed by atoms with E-state index < -0.39 is 6.04 Å². The van der Waals surface area contributed by atoms with E-state index in [0.29, 0.717) is 13.0 Å². The monoisotopic (exact) mass is 354 g/mol. The van der Waals surface area contributed by atoms with Gasteiger partial charge in [0.05, 0.1) is 0 Å². The summed E-state index contributed by atoms with van der Waals surface area (Å²) < 4.78 is 0. The summed E-state index contributed by atoms with van der Waals surface area (Å²) in [5.74, 6) is -0.522. The van der Waals surface area contributed by atoms with Crippen molar-refractivity contribution in [3.8, 4) is 0 Å². The Bertz CT molecular complexity index is 421. The highest BCUT2D eigenvalue weighted by molar-refractivity contribution is 5.90. The largest absolute Gasteiger partial charge is 0.344 e. The minimum atomic E-state index is -0.532. The van der Waals surface area contributed by atoms with E-state index in [1.165, 1.54) is 6.92 Å². The molecule has 0 saturated heterocycles. The van der Waals surface area contributed by atoms with Gasteiger partial charge >= 0.3 is 0 Å². The maximum absolute atomic E-state index is 12.7. The molecule has 0 fully saturated rings. The Balaban J connectivity index is 4.95. The van der Waals surface area contributed by atoms with E-state index in [0.717, 1.165) is 32.1 Å². The van der Waals surface area contributed by atoms with Gasteiger partial charge in [0.15, 0.2) is 0 Å². The standard InChI is InChI=1S/C20H38N2O3/c1-7-9-11-12-17(14-16(5)23)19(24)21-18(15(3)4)20(25)22(6)13-10-8-2/h15,17-18H,7-14H2,1-6H3,(H,21,24). The maximum atomic E-state index is 12.7. The Labute approximate surface area is 153 Å². The van der Waals surface area contributed by atoms with Crippen molar-refractivity contribution in [2.75, 3.05) is 13.6 Å². The van der Waals surface area contributed by atoms with E-state index in [4.69, 9.17) is 0 Å². The zero-order chi connectivity index (χ0) is 19.4. The summed E-state index contributed by atoms with van der Waals surface area (Å²) in [5.41, 5.74) is 0. The number of hydrogen-bond donors (Lipinski definition) is 1. The third kappa shape index (κ3) is 9.61. The van der Waals surface area contributed by atoms with E-state index in [1.807, 2.05) is 13.8 Å². The number of Topliss-reactive ketones (excluding diaryl/α,β-unsaturated/α-hetero) is 1. The highest BCUT2D eigenvalue weighted by Crippen LogP contribution is 2.16.